The lowest BCUT2D eigenvalue weighted by Gasteiger charge is -2.34. The highest BCUT2D eigenvalue weighted by molar-refractivity contribution is 5.81. The van der Waals surface area contributed by atoms with Crippen molar-refractivity contribution in [1.82, 2.24) is 4.90 Å². The van der Waals surface area contributed by atoms with Gasteiger partial charge in [-0.3, -0.25) is 9.59 Å². The number of amides is 1. The molecular weight excluding hydrogens is 242 g/mol. The van der Waals surface area contributed by atoms with Crippen molar-refractivity contribution in [2.45, 2.75) is 57.9 Å². The van der Waals surface area contributed by atoms with E-state index in [4.69, 9.17) is 4.74 Å². The fourth-order valence-electron chi connectivity index (χ4n) is 3.19. The molecule has 0 spiro atoms. The maximum atomic E-state index is 12.7. The first kappa shape index (κ1) is 14.5. The van der Waals surface area contributed by atoms with Gasteiger partial charge in [0.05, 0.1) is 0 Å². The second kappa shape index (κ2) is 7.04. The third-order valence-electron chi connectivity index (χ3n) is 4.25. The van der Waals surface area contributed by atoms with Gasteiger partial charge in [0.1, 0.15) is 5.78 Å². The number of hydrogen-bond acceptors (Lipinski definition) is 3. The van der Waals surface area contributed by atoms with Crippen LogP contribution in [0.2, 0.25) is 0 Å². The number of rotatable bonds is 3. The highest BCUT2D eigenvalue weighted by Crippen LogP contribution is 2.25. The van der Waals surface area contributed by atoms with E-state index in [0.717, 1.165) is 38.6 Å². The molecule has 2 rings (SSSR count). The summed E-state index contributed by atoms with van der Waals surface area (Å²) < 4.78 is 5.33. The summed E-state index contributed by atoms with van der Waals surface area (Å²) in [6, 6.07) is 0.135. The Balaban J connectivity index is 2.03. The molecule has 1 amide bonds. The number of ether oxygens (including phenoxy) is 1. The number of nitrogens with zero attached hydrogens (tertiary/aromatic N) is 1. The predicted molar refractivity (Wildman–Crippen MR) is 72.8 cm³/mol. The second-order valence-electron chi connectivity index (χ2n) is 5.83. The van der Waals surface area contributed by atoms with Gasteiger partial charge in [0.2, 0.25) is 5.91 Å². The number of ketones is 1. The molecule has 4 heteroatoms. The van der Waals surface area contributed by atoms with E-state index in [1.807, 2.05) is 4.90 Å². The highest BCUT2D eigenvalue weighted by Gasteiger charge is 2.31. The van der Waals surface area contributed by atoms with Crippen LogP contribution >= 0.6 is 0 Å². The van der Waals surface area contributed by atoms with Crippen LogP contribution in [-0.2, 0) is 14.3 Å². The topological polar surface area (TPSA) is 46.6 Å². The normalized spacial score (nSPS) is 25.9. The second-order valence-corrected chi connectivity index (χ2v) is 5.83. The fourth-order valence-corrected chi connectivity index (χ4v) is 3.19. The summed E-state index contributed by atoms with van der Waals surface area (Å²) >= 11 is 0. The smallest absolute Gasteiger partial charge is 0.226 e. The van der Waals surface area contributed by atoms with Crippen molar-refractivity contribution < 1.29 is 14.3 Å². The molecule has 1 atom stereocenters. The molecule has 0 saturated carbocycles. The van der Waals surface area contributed by atoms with Crippen LogP contribution in [0.4, 0.5) is 0 Å². The van der Waals surface area contributed by atoms with E-state index in [-0.39, 0.29) is 23.7 Å². The number of Topliss-reactive ketones (excluding diaryl/α,β-unsaturated/α-hetero) is 1. The molecule has 2 saturated heterocycles. The summed E-state index contributed by atoms with van der Waals surface area (Å²) in [6.45, 7) is 3.85. The minimum absolute atomic E-state index is 0.112. The van der Waals surface area contributed by atoms with E-state index in [0.29, 0.717) is 19.6 Å². The number of likely N-dealkylation sites (tertiary alicyclic amines) is 1. The Kier molecular flexibility index (Phi) is 5.37. The quantitative estimate of drug-likeness (QED) is 0.787. The molecule has 0 radical (unpaired) electrons. The van der Waals surface area contributed by atoms with Crippen LogP contribution in [0, 0.1) is 5.92 Å². The van der Waals surface area contributed by atoms with Crippen molar-refractivity contribution >= 4 is 11.7 Å². The van der Waals surface area contributed by atoms with E-state index < -0.39 is 0 Å². The van der Waals surface area contributed by atoms with Crippen molar-refractivity contribution in [2.75, 3.05) is 19.8 Å². The Bertz CT molecular complexity index is 323. The first-order chi connectivity index (χ1) is 9.18. The van der Waals surface area contributed by atoms with Gasteiger partial charge in [-0.15, -0.1) is 0 Å². The van der Waals surface area contributed by atoms with Crippen LogP contribution in [-0.4, -0.2) is 42.4 Å². The summed E-state index contributed by atoms with van der Waals surface area (Å²) in [5.41, 5.74) is 0. The molecular formula is C15H25NO3. The Morgan fingerprint density at radius 3 is 2.53 bits per heavy atom. The summed E-state index contributed by atoms with van der Waals surface area (Å²) in [4.78, 5) is 26.1. The van der Waals surface area contributed by atoms with Crippen LogP contribution in [0.3, 0.4) is 0 Å². The van der Waals surface area contributed by atoms with Crippen LogP contribution in [0.25, 0.3) is 0 Å². The zero-order valence-corrected chi connectivity index (χ0v) is 11.9. The lowest BCUT2D eigenvalue weighted by molar-refractivity contribution is -0.141. The molecule has 2 fully saturated rings. The molecule has 0 aromatic heterocycles. The van der Waals surface area contributed by atoms with E-state index in [1.165, 1.54) is 6.42 Å². The average Bonchev–Trinajstić information content (AvgIpc) is 2.64. The Morgan fingerprint density at radius 2 is 1.84 bits per heavy atom. The summed E-state index contributed by atoms with van der Waals surface area (Å²) in [5.74, 6) is 0.564. The van der Waals surface area contributed by atoms with Crippen LogP contribution in [0.1, 0.15) is 51.9 Å². The molecule has 2 heterocycles. The van der Waals surface area contributed by atoms with Crippen molar-refractivity contribution in [1.29, 1.82) is 0 Å². The van der Waals surface area contributed by atoms with E-state index >= 15 is 0 Å². The molecule has 4 nitrogen and oxygen atoms in total. The van der Waals surface area contributed by atoms with Gasteiger partial charge >= 0.3 is 0 Å². The standard InChI is InChI=1S/C15H25NO3/c1-12(17)11-14-5-3-2-4-8-16(14)15(18)13-6-9-19-10-7-13/h13-14H,2-11H2,1H3. The number of hydrogen-bond donors (Lipinski definition) is 0. The fraction of sp³-hybridized carbons (Fsp3) is 0.867. The molecule has 1 unspecified atom stereocenters. The Hall–Kier alpha value is -0.900. The van der Waals surface area contributed by atoms with Gasteiger partial charge in [0, 0.05) is 38.1 Å². The maximum absolute atomic E-state index is 12.7. The number of carbonyl (C=O) groups excluding carboxylic acids is 2. The van der Waals surface area contributed by atoms with Gasteiger partial charge in [-0.1, -0.05) is 12.8 Å². The molecule has 2 aliphatic heterocycles. The molecule has 0 aromatic rings. The maximum Gasteiger partial charge on any atom is 0.226 e. The molecule has 0 aromatic carbocycles. The first-order valence-electron chi connectivity index (χ1n) is 7.56. The van der Waals surface area contributed by atoms with E-state index in [2.05, 4.69) is 0 Å². The predicted octanol–water partition coefficient (Wildman–Crippen LogP) is 2.16. The van der Waals surface area contributed by atoms with Crippen molar-refractivity contribution in [3.63, 3.8) is 0 Å². The van der Waals surface area contributed by atoms with Gasteiger partial charge in [0.25, 0.3) is 0 Å². The molecule has 0 bridgehead atoms. The summed E-state index contributed by atoms with van der Waals surface area (Å²) in [6.07, 6.45) is 6.55. The zero-order valence-electron chi connectivity index (χ0n) is 11.9. The lowest BCUT2D eigenvalue weighted by Crippen LogP contribution is -2.45. The van der Waals surface area contributed by atoms with Crippen molar-refractivity contribution in [3.05, 3.63) is 0 Å². The van der Waals surface area contributed by atoms with Crippen molar-refractivity contribution in [2.24, 2.45) is 5.92 Å². The van der Waals surface area contributed by atoms with Crippen LogP contribution in [0.15, 0.2) is 0 Å². The summed E-state index contributed by atoms with van der Waals surface area (Å²) in [5, 5.41) is 0. The van der Waals surface area contributed by atoms with Crippen LogP contribution in [0.5, 0.6) is 0 Å². The van der Waals surface area contributed by atoms with Gasteiger partial charge in [-0.25, -0.2) is 0 Å². The molecule has 0 aliphatic carbocycles. The third kappa shape index (κ3) is 4.03. The lowest BCUT2D eigenvalue weighted by atomic mass is 9.96. The highest BCUT2D eigenvalue weighted by atomic mass is 16.5. The monoisotopic (exact) mass is 267 g/mol. The minimum Gasteiger partial charge on any atom is -0.381 e. The van der Waals surface area contributed by atoms with E-state index in [9.17, 15) is 9.59 Å². The SMILES string of the molecule is CC(=O)CC1CCCCCN1C(=O)C1CCOCC1. The van der Waals surface area contributed by atoms with Crippen LogP contribution < -0.4 is 0 Å². The Morgan fingerprint density at radius 1 is 1.11 bits per heavy atom. The molecule has 19 heavy (non-hydrogen) atoms. The largest absolute Gasteiger partial charge is 0.381 e. The first-order valence-corrected chi connectivity index (χ1v) is 7.56. The third-order valence-corrected chi connectivity index (χ3v) is 4.25. The zero-order chi connectivity index (χ0) is 13.7. The minimum atomic E-state index is 0.112. The average molecular weight is 267 g/mol. The Labute approximate surface area is 115 Å². The van der Waals surface area contributed by atoms with E-state index in [1.54, 1.807) is 6.92 Å². The summed E-state index contributed by atoms with van der Waals surface area (Å²) in [7, 11) is 0. The van der Waals surface area contributed by atoms with Gasteiger partial charge in [0.15, 0.2) is 0 Å². The van der Waals surface area contributed by atoms with Gasteiger partial charge in [-0.05, 0) is 32.6 Å². The van der Waals surface area contributed by atoms with Crippen molar-refractivity contribution in [3.8, 4) is 0 Å². The van der Waals surface area contributed by atoms with Gasteiger partial charge in [-0.2, -0.15) is 0 Å². The van der Waals surface area contributed by atoms with Gasteiger partial charge < -0.3 is 9.64 Å². The molecule has 108 valence electrons. The number of carbonyl (C=O) groups is 2. The molecule has 0 N–H and O–H groups in total. The molecule has 2 aliphatic rings.